The molecule has 3 rings (SSSR count). The highest BCUT2D eigenvalue weighted by molar-refractivity contribution is 5.99. The van der Waals surface area contributed by atoms with E-state index in [-0.39, 0.29) is 18.8 Å². The second-order valence-corrected chi connectivity index (χ2v) is 7.92. The molecule has 0 saturated heterocycles. The second kappa shape index (κ2) is 8.34. The molecule has 0 saturated carbocycles. The van der Waals surface area contributed by atoms with Crippen molar-refractivity contribution in [2.75, 3.05) is 0 Å². The molecule has 0 radical (unpaired) electrons. The van der Waals surface area contributed by atoms with Crippen LogP contribution in [0.25, 0.3) is 21.9 Å². The molecule has 1 aromatic carbocycles. The first-order valence-corrected chi connectivity index (χ1v) is 10.1. The molecule has 2 heterocycles. The van der Waals surface area contributed by atoms with Crippen LogP contribution in [0.15, 0.2) is 26.0 Å². The predicted octanol–water partition coefficient (Wildman–Crippen LogP) is 2.68. The van der Waals surface area contributed by atoms with E-state index in [0.29, 0.717) is 23.2 Å². The Balaban J connectivity index is 1.90. The molecule has 0 aliphatic carbocycles. The summed E-state index contributed by atoms with van der Waals surface area (Å²) >= 11 is 0. The maximum absolute atomic E-state index is 12.6. The molecule has 7 nitrogen and oxygen atoms in total. The van der Waals surface area contributed by atoms with Crippen LogP contribution < -0.4 is 16.0 Å². The zero-order valence-electron chi connectivity index (χ0n) is 17.9. The van der Waals surface area contributed by atoms with Gasteiger partial charge in [0.2, 0.25) is 5.91 Å². The average molecular weight is 412 g/mol. The van der Waals surface area contributed by atoms with Crippen molar-refractivity contribution in [2.45, 2.75) is 59.9 Å². The summed E-state index contributed by atoms with van der Waals surface area (Å²) < 4.78 is 11.2. The summed E-state index contributed by atoms with van der Waals surface area (Å²) in [5.74, 6) is -2.01. The number of amides is 1. The third-order valence-corrected chi connectivity index (χ3v) is 5.92. The van der Waals surface area contributed by atoms with E-state index in [9.17, 15) is 19.5 Å². The summed E-state index contributed by atoms with van der Waals surface area (Å²) in [5, 5.41) is 15.6. The lowest BCUT2D eigenvalue weighted by Gasteiger charge is -2.25. The Kier molecular flexibility index (Phi) is 6.01. The molecule has 1 N–H and O–H groups in total. The number of benzene rings is 1. The van der Waals surface area contributed by atoms with Gasteiger partial charge in [0.05, 0.1) is 18.3 Å². The number of rotatable bonds is 7. The van der Waals surface area contributed by atoms with Crippen LogP contribution in [-0.4, -0.2) is 17.9 Å². The predicted molar refractivity (Wildman–Crippen MR) is 111 cm³/mol. The third kappa shape index (κ3) is 3.84. The molecule has 0 aliphatic heterocycles. The summed E-state index contributed by atoms with van der Waals surface area (Å²) in [6.45, 7) is 9.21. The Morgan fingerprint density at radius 3 is 2.47 bits per heavy atom. The zero-order valence-corrected chi connectivity index (χ0v) is 17.9. The molecular formula is C23H26NO6-. The number of nitrogens with one attached hydrogen (secondary N) is 1. The van der Waals surface area contributed by atoms with E-state index in [0.717, 1.165) is 27.5 Å². The summed E-state index contributed by atoms with van der Waals surface area (Å²) in [5.41, 5.74) is 3.56. The number of carbonyl (C=O) groups excluding carboxylic acids is 2. The standard InChI is InChI=1S/C23H27NO6/c1-6-11(2)19(22(26)27)24-18(25)8-7-15-13(4)17-9-16-12(3)10-29-20(16)14(5)21(17)30-23(15)28/h9-11,19H,6-8H2,1-5H3,(H,24,25)(H,26,27)/p-1/t11-,19+/m1/s1. The summed E-state index contributed by atoms with van der Waals surface area (Å²) in [6.07, 6.45) is 2.38. The van der Waals surface area contributed by atoms with E-state index in [2.05, 4.69) is 5.32 Å². The molecule has 0 bridgehead atoms. The minimum Gasteiger partial charge on any atom is -0.548 e. The molecule has 0 unspecified atom stereocenters. The molecule has 0 fully saturated rings. The van der Waals surface area contributed by atoms with Gasteiger partial charge in [0, 0.05) is 28.3 Å². The van der Waals surface area contributed by atoms with Crippen molar-refractivity contribution in [3.63, 3.8) is 0 Å². The number of carbonyl (C=O) groups is 2. The number of carboxylic acids is 1. The van der Waals surface area contributed by atoms with Crippen LogP contribution in [0, 0.1) is 26.7 Å². The van der Waals surface area contributed by atoms with Crippen LogP contribution in [0.4, 0.5) is 0 Å². The van der Waals surface area contributed by atoms with Gasteiger partial charge in [-0.1, -0.05) is 20.3 Å². The van der Waals surface area contributed by atoms with Crippen molar-refractivity contribution < 1.29 is 23.5 Å². The highest BCUT2D eigenvalue weighted by Crippen LogP contribution is 2.32. The average Bonchev–Trinajstić information content (AvgIpc) is 3.07. The third-order valence-electron chi connectivity index (χ3n) is 5.92. The molecule has 3 aromatic rings. The number of aryl methyl sites for hydroxylation is 3. The maximum Gasteiger partial charge on any atom is 0.339 e. The van der Waals surface area contributed by atoms with Crippen LogP contribution in [-0.2, 0) is 16.0 Å². The Morgan fingerprint density at radius 2 is 1.83 bits per heavy atom. The van der Waals surface area contributed by atoms with Crippen molar-refractivity contribution in [1.82, 2.24) is 5.32 Å². The molecule has 160 valence electrons. The van der Waals surface area contributed by atoms with Crippen molar-refractivity contribution in [2.24, 2.45) is 5.92 Å². The van der Waals surface area contributed by atoms with Crippen LogP contribution in [0.2, 0.25) is 0 Å². The van der Waals surface area contributed by atoms with Crippen LogP contribution in [0.3, 0.4) is 0 Å². The van der Waals surface area contributed by atoms with E-state index in [1.54, 1.807) is 13.2 Å². The number of hydrogen-bond acceptors (Lipinski definition) is 6. The van der Waals surface area contributed by atoms with Crippen molar-refractivity contribution in [3.05, 3.63) is 45.0 Å². The Bertz CT molecular complexity index is 1190. The highest BCUT2D eigenvalue weighted by Gasteiger charge is 2.21. The number of fused-ring (bicyclic) bond motifs is 2. The second-order valence-electron chi connectivity index (χ2n) is 7.92. The largest absolute Gasteiger partial charge is 0.548 e. The molecule has 30 heavy (non-hydrogen) atoms. The lowest BCUT2D eigenvalue weighted by atomic mass is 9.97. The molecule has 0 spiro atoms. The topological polar surface area (TPSA) is 113 Å². The lowest BCUT2D eigenvalue weighted by molar-refractivity contribution is -0.309. The fourth-order valence-electron chi connectivity index (χ4n) is 3.76. The van der Waals surface area contributed by atoms with Gasteiger partial charge in [-0.2, -0.15) is 0 Å². The Hall–Kier alpha value is -3.09. The molecule has 1 amide bonds. The van der Waals surface area contributed by atoms with Crippen molar-refractivity contribution in [3.8, 4) is 0 Å². The van der Waals surface area contributed by atoms with Crippen LogP contribution in [0.5, 0.6) is 0 Å². The van der Waals surface area contributed by atoms with Crippen molar-refractivity contribution in [1.29, 1.82) is 0 Å². The highest BCUT2D eigenvalue weighted by atomic mass is 16.4. The normalized spacial score (nSPS) is 13.5. The number of furan rings is 1. The monoisotopic (exact) mass is 412 g/mol. The summed E-state index contributed by atoms with van der Waals surface area (Å²) in [4.78, 5) is 36.3. The fraction of sp³-hybridized carbons (Fsp3) is 0.435. The van der Waals surface area contributed by atoms with Gasteiger partial charge in [0.25, 0.3) is 0 Å². The van der Waals surface area contributed by atoms with Gasteiger partial charge in [0.15, 0.2) is 0 Å². The SMILES string of the molecule is CC[C@@H](C)[C@H](NC(=O)CCc1c(C)c2cc3c(C)coc3c(C)c2oc1=O)C(=O)[O-]. The van der Waals surface area contributed by atoms with Crippen molar-refractivity contribution >= 4 is 33.8 Å². The molecule has 0 aliphatic rings. The minimum atomic E-state index is -1.31. The zero-order chi connectivity index (χ0) is 22.2. The van der Waals surface area contributed by atoms with E-state index >= 15 is 0 Å². The van der Waals surface area contributed by atoms with Gasteiger partial charge in [-0.3, -0.25) is 4.79 Å². The van der Waals surface area contributed by atoms with E-state index in [1.165, 1.54) is 0 Å². The Labute approximate surface area is 174 Å². The fourth-order valence-corrected chi connectivity index (χ4v) is 3.76. The Morgan fingerprint density at radius 1 is 1.13 bits per heavy atom. The quantitative estimate of drug-likeness (QED) is 0.597. The molecular weight excluding hydrogens is 386 g/mol. The number of aliphatic carboxylic acids is 1. The van der Waals surface area contributed by atoms with Crippen LogP contribution in [0.1, 0.15) is 48.9 Å². The number of hydrogen-bond donors (Lipinski definition) is 1. The summed E-state index contributed by atoms with van der Waals surface area (Å²) in [6, 6.07) is 0.879. The van der Waals surface area contributed by atoms with E-state index in [1.807, 2.05) is 33.8 Å². The minimum absolute atomic E-state index is 0.0245. The maximum atomic E-state index is 12.6. The van der Waals surface area contributed by atoms with E-state index in [4.69, 9.17) is 8.83 Å². The molecule has 7 heteroatoms. The first-order chi connectivity index (χ1) is 14.1. The van der Waals surface area contributed by atoms with Gasteiger partial charge in [-0.15, -0.1) is 0 Å². The first kappa shape index (κ1) is 21.6. The molecule has 2 atom stereocenters. The van der Waals surface area contributed by atoms with Crippen LogP contribution >= 0.6 is 0 Å². The smallest absolute Gasteiger partial charge is 0.339 e. The van der Waals surface area contributed by atoms with Gasteiger partial charge in [-0.05, 0) is 50.3 Å². The van der Waals surface area contributed by atoms with Gasteiger partial charge in [0.1, 0.15) is 11.2 Å². The summed E-state index contributed by atoms with van der Waals surface area (Å²) in [7, 11) is 0. The van der Waals surface area contributed by atoms with E-state index < -0.39 is 23.5 Å². The van der Waals surface area contributed by atoms with Gasteiger partial charge >= 0.3 is 5.63 Å². The number of carboxylic acid groups (broad SMARTS) is 1. The van der Waals surface area contributed by atoms with Gasteiger partial charge < -0.3 is 24.1 Å². The first-order valence-electron chi connectivity index (χ1n) is 10.1. The lowest BCUT2D eigenvalue weighted by Crippen LogP contribution is -2.51. The van der Waals surface area contributed by atoms with Gasteiger partial charge in [-0.25, -0.2) is 4.79 Å². The molecule has 2 aromatic heterocycles.